The number of ether oxygens (including phenoxy) is 1. The van der Waals surface area contributed by atoms with Crippen LogP contribution in [0.3, 0.4) is 0 Å². The number of hydrogen-bond donors (Lipinski definition) is 0. The molecule has 0 aliphatic rings. The highest BCUT2D eigenvalue weighted by Crippen LogP contribution is 2.25. The Kier molecular flexibility index (Phi) is 4.08. The minimum absolute atomic E-state index is 0.135. The van der Waals surface area contributed by atoms with E-state index >= 15 is 0 Å². The second kappa shape index (κ2) is 5.77. The lowest BCUT2D eigenvalue weighted by Gasteiger charge is -2.10. The van der Waals surface area contributed by atoms with E-state index in [1.54, 1.807) is 36.4 Å². The molecule has 2 aromatic carbocycles. The molecular formula is C15H11F3O2. The average Bonchev–Trinajstić information content (AvgIpc) is 2.45. The lowest BCUT2D eigenvalue weighted by molar-refractivity contribution is -0.153. The second-order valence-electron chi connectivity index (χ2n) is 4.17. The maximum atomic E-state index is 12.1. The Morgan fingerprint density at radius 1 is 1.00 bits per heavy atom. The van der Waals surface area contributed by atoms with Crippen LogP contribution in [0.1, 0.15) is 10.4 Å². The van der Waals surface area contributed by atoms with E-state index in [1.165, 1.54) is 12.1 Å². The average molecular weight is 280 g/mol. The van der Waals surface area contributed by atoms with Crippen LogP contribution in [0, 0.1) is 0 Å². The summed E-state index contributed by atoms with van der Waals surface area (Å²) in [5.74, 6) is 0.135. The third kappa shape index (κ3) is 3.85. The Bertz CT molecular complexity index is 606. The van der Waals surface area contributed by atoms with Gasteiger partial charge in [-0.15, -0.1) is 0 Å². The van der Waals surface area contributed by atoms with Gasteiger partial charge >= 0.3 is 6.18 Å². The first-order valence-electron chi connectivity index (χ1n) is 5.83. The summed E-state index contributed by atoms with van der Waals surface area (Å²) in [6, 6.07) is 13.1. The number of benzene rings is 2. The number of halogens is 3. The van der Waals surface area contributed by atoms with E-state index in [9.17, 15) is 18.0 Å². The molecule has 0 aromatic heterocycles. The summed E-state index contributed by atoms with van der Waals surface area (Å²) in [6.45, 7) is -1.33. The molecule has 0 aliphatic heterocycles. The van der Waals surface area contributed by atoms with Crippen molar-refractivity contribution in [2.45, 2.75) is 6.18 Å². The highest BCUT2D eigenvalue weighted by Gasteiger charge is 2.28. The molecule has 0 heterocycles. The van der Waals surface area contributed by atoms with E-state index in [2.05, 4.69) is 0 Å². The molecule has 2 rings (SSSR count). The highest BCUT2D eigenvalue weighted by atomic mass is 19.4. The largest absolute Gasteiger partial charge is 0.484 e. The number of carbonyl (C=O) groups is 1. The van der Waals surface area contributed by atoms with Crippen molar-refractivity contribution in [1.82, 2.24) is 0 Å². The van der Waals surface area contributed by atoms with E-state index in [-0.39, 0.29) is 5.75 Å². The van der Waals surface area contributed by atoms with Crippen molar-refractivity contribution in [1.29, 1.82) is 0 Å². The zero-order valence-corrected chi connectivity index (χ0v) is 10.4. The summed E-state index contributed by atoms with van der Waals surface area (Å²) < 4.78 is 41.0. The summed E-state index contributed by atoms with van der Waals surface area (Å²) in [6.07, 6.45) is -3.65. The fourth-order valence-electron chi connectivity index (χ4n) is 1.72. The predicted molar refractivity (Wildman–Crippen MR) is 68.8 cm³/mol. The maximum absolute atomic E-state index is 12.1. The van der Waals surface area contributed by atoms with Gasteiger partial charge in [-0.05, 0) is 29.3 Å². The number of rotatable bonds is 4. The molecule has 0 bridgehead atoms. The zero-order chi connectivity index (χ0) is 14.6. The third-order valence-corrected chi connectivity index (χ3v) is 2.59. The van der Waals surface area contributed by atoms with Crippen LogP contribution in [-0.2, 0) is 0 Å². The van der Waals surface area contributed by atoms with Gasteiger partial charge in [0.05, 0.1) is 0 Å². The molecule has 0 atom stereocenters. The van der Waals surface area contributed by atoms with Crippen LogP contribution in [0.15, 0.2) is 48.5 Å². The molecule has 20 heavy (non-hydrogen) atoms. The van der Waals surface area contributed by atoms with Crippen LogP contribution in [0.2, 0.25) is 0 Å². The van der Waals surface area contributed by atoms with Crippen molar-refractivity contribution in [3.05, 3.63) is 54.1 Å². The summed E-state index contributed by atoms with van der Waals surface area (Å²) in [7, 11) is 0. The number of aldehydes is 1. The van der Waals surface area contributed by atoms with Crippen LogP contribution < -0.4 is 4.74 Å². The van der Waals surface area contributed by atoms with Gasteiger partial charge in [0.1, 0.15) is 12.0 Å². The standard InChI is InChI=1S/C15H11F3O2/c16-15(17,18)10-20-14-6-2-5-13(8-14)12-4-1-3-11(7-12)9-19/h1-9H,10H2. The van der Waals surface area contributed by atoms with E-state index in [1.807, 2.05) is 0 Å². The van der Waals surface area contributed by atoms with Crippen molar-refractivity contribution >= 4 is 6.29 Å². The molecule has 2 aromatic rings. The first-order chi connectivity index (χ1) is 9.48. The Balaban J connectivity index is 2.22. The quantitative estimate of drug-likeness (QED) is 0.788. The van der Waals surface area contributed by atoms with Gasteiger partial charge in [-0.2, -0.15) is 13.2 Å². The normalized spacial score (nSPS) is 11.2. The summed E-state index contributed by atoms with van der Waals surface area (Å²) in [5, 5.41) is 0. The van der Waals surface area contributed by atoms with Gasteiger partial charge in [0.2, 0.25) is 0 Å². The van der Waals surface area contributed by atoms with Crippen molar-refractivity contribution in [3.63, 3.8) is 0 Å². The molecule has 0 saturated carbocycles. The molecular weight excluding hydrogens is 269 g/mol. The third-order valence-electron chi connectivity index (χ3n) is 2.59. The van der Waals surface area contributed by atoms with Gasteiger partial charge in [0.15, 0.2) is 6.61 Å². The predicted octanol–water partition coefficient (Wildman–Crippen LogP) is 4.11. The molecule has 0 unspecified atom stereocenters. The first-order valence-corrected chi connectivity index (χ1v) is 5.83. The van der Waals surface area contributed by atoms with E-state index in [4.69, 9.17) is 4.74 Å². The smallest absolute Gasteiger partial charge is 0.422 e. The highest BCUT2D eigenvalue weighted by molar-refractivity contribution is 5.79. The molecule has 0 radical (unpaired) electrons. The molecule has 0 N–H and O–H groups in total. The molecule has 2 nitrogen and oxygen atoms in total. The van der Waals surface area contributed by atoms with Crippen molar-refractivity contribution in [3.8, 4) is 16.9 Å². The lowest BCUT2D eigenvalue weighted by atomic mass is 10.0. The summed E-state index contributed by atoms with van der Waals surface area (Å²) >= 11 is 0. The molecule has 5 heteroatoms. The Morgan fingerprint density at radius 3 is 2.30 bits per heavy atom. The Labute approximate surface area is 113 Å². The minimum Gasteiger partial charge on any atom is -0.484 e. The molecule has 0 spiro atoms. The zero-order valence-electron chi connectivity index (χ0n) is 10.4. The summed E-state index contributed by atoms with van der Waals surface area (Å²) in [4.78, 5) is 10.7. The monoisotopic (exact) mass is 280 g/mol. The number of hydrogen-bond acceptors (Lipinski definition) is 2. The van der Waals surface area contributed by atoms with Gasteiger partial charge < -0.3 is 4.74 Å². The van der Waals surface area contributed by atoms with Crippen molar-refractivity contribution in [2.75, 3.05) is 6.61 Å². The Hall–Kier alpha value is -2.30. The minimum atomic E-state index is -4.37. The van der Waals surface area contributed by atoms with Crippen LogP contribution >= 0.6 is 0 Å². The molecule has 0 fully saturated rings. The maximum Gasteiger partial charge on any atom is 0.422 e. The topological polar surface area (TPSA) is 26.3 Å². The second-order valence-corrected chi connectivity index (χ2v) is 4.17. The lowest BCUT2D eigenvalue weighted by Crippen LogP contribution is -2.19. The molecule has 0 amide bonds. The van der Waals surface area contributed by atoms with Gasteiger partial charge in [0.25, 0.3) is 0 Å². The van der Waals surface area contributed by atoms with Gasteiger partial charge in [-0.1, -0.05) is 30.3 Å². The first kappa shape index (κ1) is 14.1. The molecule has 104 valence electrons. The fourth-order valence-corrected chi connectivity index (χ4v) is 1.72. The fraction of sp³-hybridized carbons (Fsp3) is 0.133. The Morgan fingerprint density at radius 2 is 1.65 bits per heavy atom. The SMILES string of the molecule is O=Cc1cccc(-c2cccc(OCC(F)(F)F)c2)c1. The van der Waals surface area contributed by atoms with Crippen molar-refractivity contribution in [2.24, 2.45) is 0 Å². The van der Waals surface area contributed by atoms with E-state index < -0.39 is 12.8 Å². The molecule has 0 aliphatic carbocycles. The molecule has 0 saturated heterocycles. The number of carbonyl (C=O) groups excluding carboxylic acids is 1. The van der Waals surface area contributed by atoms with Crippen LogP contribution in [-0.4, -0.2) is 19.1 Å². The van der Waals surface area contributed by atoms with Gasteiger partial charge in [-0.25, -0.2) is 0 Å². The van der Waals surface area contributed by atoms with E-state index in [0.717, 1.165) is 5.56 Å². The van der Waals surface area contributed by atoms with Crippen molar-refractivity contribution < 1.29 is 22.7 Å². The summed E-state index contributed by atoms with van der Waals surface area (Å²) in [5.41, 5.74) is 1.93. The number of alkyl halides is 3. The van der Waals surface area contributed by atoms with E-state index in [0.29, 0.717) is 17.4 Å². The van der Waals surface area contributed by atoms with Gasteiger partial charge in [0, 0.05) is 5.56 Å². The van der Waals surface area contributed by atoms with Crippen LogP contribution in [0.25, 0.3) is 11.1 Å². The van der Waals surface area contributed by atoms with Crippen LogP contribution in [0.5, 0.6) is 5.75 Å². The van der Waals surface area contributed by atoms with Crippen LogP contribution in [0.4, 0.5) is 13.2 Å². The van der Waals surface area contributed by atoms with Gasteiger partial charge in [-0.3, -0.25) is 4.79 Å².